The standard InChI is InChI=1S/C55H34N2/c1-3-17-46-44(15-1)50-21-7-19-48-42(27-29-52(46)54(48)50)36-10-5-13-40(32-36)57(39-25-23-35(24-26-39)38-12-9-31-56-34-38)41-14-6-11-37(33-41)43-28-30-53-47-18-4-2-16-45(47)51-22-8-20-49(43)55(51)53/h1-34H. The smallest absolute Gasteiger partial charge is 0.0467 e. The largest absolute Gasteiger partial charge is 0.310 e. The molecule has 0 spiro atoms. The minimum absolute atomic E-state index is 1.09. The second-order valence-corrected chi connectivity index (χ2v) is 15.1. The van der Waals surface area contributed by atoms with E-state index in [0.29, 0.717) is 0 Å². The second kappa shape index (κ2) is 12.5. The van der Waals surface area contributed by atoms with Crippen molar-refractivity contribution in [2.45, 2.75) is 0 Å². The van der Waals surface area contributed by atoms with E-state index in [4.69, 9.17) is 0 Å². The van der Waals surface area contributed by atoms with Crippen LogP contribution in [-0.2, 0) is 0 Å². The summed E-state index contributed by atoms with van der Waals surface area (Å²) in [5.41, 5.74) is 20.9. The van der Waals surface area contributed by atoms with Gasteiger partial charge in [0.25, 0.3) is 0 Å². The van der Waals surface area contributed by atoms with E-state index >= 15 is 0 Å². The van der Waals surface area contributed by atoms with E-state index in [2.05, 4.69) is 198 Å². The molecule has 1 aromatic heterocycles. The van der Waals surface area contributed by atoms with Crippen molar-refractivity contribution >= 4 is 38.6 Å². The van der Waals surface area contributed by atoms with E-state index in [0.717, 1.165) is 28.2 Å². The molecule has 0 bridgehead atoms. The number of anilines is 3. The third-order valence-electron chi connectivity index (χ3n) is 12.0. The van der Waals surface area contributed by atoms with E-state index in [1.165, 1.54) is 88.3 Å². The van der Waals surface area contributed by atoms with E-state index < -0.39 is 0 Å². The lowest BCUT2D eigenvalue weighted by Gasteiger charge is -2.27. The van der Waals surface area contributed by atoms with Gasteiger partial charge in [-0.2, -0.15) is 0 Å². The Labute approximate surface area is 331 Å². The van der Waals surface area contributed by atoms with E-state index in [9.17, 15) is 0 Å². The maximum Gasteiger partial charge on any atom is 0.0467 e. The van der Waals surface area contributed by atoms with Crippen molar-refractivity contribution in [3.8, 4) is 77.9 Å². The molecule has 2 aliphatic carbocycles. The molecule has 1 heterocycles. The predicted octanol–water partition coefficient (Wildman–Crippen LogP) is 15.2. The van der Waals surface area contributed by atoms with Gasteiger partial charge in [0, 0.05) is 29.5 Å². The van der Waals surface area contributed by atoms with Gasteiger partial charge in [0.05, 0.1) is 0 Å². The number of rotatable bonds is 6. The first kappa shape index (κ1) is 31.8. The van der Waals surface area contributed by atoms with Crippen LogP contribution < -0.4 is 4.90 Å². The molecule has 0 unspecified atom stereocenters. The molecule has 57 heavy (non-hydrogen) atoms. The Kier molecular flexibility index (Phi) is 6.96. The SMILES string of the molecule is c1cncc(-c2ccc(N(c3cccc(-c4ccc5c6c(cccc46)-c4ccccc4-5)c3)c3cccc(-c4ccc5c6c(cccc46)-c4ccccc4-5)c3)cc2)c1. The maximum absolute atomic E-state index is 4.38. The quantitative estimate of drug-likeness (QED) is 0.170. The third kappa shape index (κ3) is 4.87. The summed E-state index contributed by atoms with van der Waals surface area (Å²) >= 11 is 0. The number of hydrogen-bond acceptors (Lipinski definition) is 2. The van der Waals surface area contributed by atoms with Gasteiger partial charge < -0.3 is 4.90 Å². The Hall–Kier alpha value is -7.55. The molecule has 9 aromatic carbocycles. The highest BCUT2D eigenvalue weighted by Crippen LogP contribution is 2.51. The molecule has 0 atom stereocenters. The molecule has 0 amide bonds. The summed E-state index contributed by atoms with van der Waals surface area (Å²) in [6.45, 7) is 0. The third-order valence-corrected chi connectivity index (χ3v) is 12.0. The van der Waals surface area contributed by atoms with Gasteiger partial charge in [-0.05, 0) is 142 Å². The first-order chi connectivity index (χ1) is 28.3. The minimum atomic E-state index is 1.09. The van der Waals surface area contributed by atoms with Crippen molar-refractivity contribution in [1.82, 2.24) is 4.98 Å². The lowest BCUT2D eigenvalue weighted by Crippen LogP contribution is -2.10. The van der Waals surface area contributed by atoms with Gasteiger partial charge in [-0.25, -0.2) is 0 Å². The molecule has 12 rings (SSSR count). The van der Waals surface area contributed by atoms with Crippen molar-refractivity contribution in [3.05, 3.63) is 207 Å². The van der Waals surface area contributed by atoms with E-state index in [-0.39, 0.29) is 0 Å². The Morgan fingerprint density at radius 3 is 1.21 bits per heavy atom. The zero-order chi connectivity index (χ0) is 37.5. The lowest BCUT2D eigenvalue weighted by molar-refractivity contribution is 1.28. The zero-order valence-electron chi connectivity index (χ0n) is 31.0. The van der Waals surface area contributed by atoms with Gasteiger partial charge >= 0.3 is 0 Å². The molecule has 0 fully saturated rings. The van der Waals surface area contributed by atoms with Crippen LogP contribution in [0.2, 0.25) is 0 Å². The molecule has 2 aliphatic rings. The van der Waals surface area contributed by atoms with Gasteiger partial charge in [0.2, 0.25) is 0 Å². The number of nitrogens with zero attached hydrogens (tertiary/aromatic N) is 2. The fraction of sp³-hybridized carbons (Fsp3) is 0. The number of benzene rings is 9. The molecule has 0 radical (unpaired) electrons. The Balaban J connectivity index is 1.01. The summed E-state index contributed by atoms with van der Waals surface area (Å²) in [6.07, 6.45) is 3.74. The van der Waals surface area contributed by atoms with E-state index in [1.807, 2.05) is 18.5 Å². The average molecular weight is 723 g/mol. The number of fused-ring (bicyclic) bond motifs is 6. The topological polar surface area (TPSA) is 16.1 Å². The summed E-state index contributed by atoms with van der Waals surface area (Å²) in [4.78, 5) is 6.77. The van der Waals surface area contributed by atoms with Crippen LogP contribution in [0.25, 0.3) is 99.4 Å². The highest BCUT2D eigenvalue weighted by molar-refractivity contribution is 6.20. The van der Waals surface area contributed by atoms with Gasteiger partial charge in [0.1, 0.15) is 0 Å². The monoisotopic (exact) mass is 722 g/mol. The Morgan fingerprint density at radius 1 is 0.281 bits per heavy atom. The van der Waals surface area contributed by atoms with E-state index in [1.54, 1.807) is 0 Å². The predicted molar refractivity (Wildman–Crippen MR) is 239 cm³/mol. The number of aromatic nitrogens is 1. The van der Waals surface area contributed by atoms with Crippen molar-refractivity contribution in [1.29, 1.82) is 0 Å². The summed E-state index contributed by atoms with van der Waals surface area (Å²) in [6, 6.07) is 71.4. The normalized spacial score (nSPS) is 11.9. The molecule has 0 saturated heterocycles. The second-order valence-electron chi connectivity index (χ2n) is 15.1. The van der Waals surface area contributed by atoms with Gasteiger partial charge in [-0.15, -0.1) is 0 Å². The summed E-state index contributed by atoms with van der Waals surface area (Å²) in [5, 5.41) is 5.24. The van der Waals surface area contributed by atoms with Crippen LogP contribution in [0, 0.1) is 0 Å². The molecule has 0 N–H and O–H groups in total. The van der Waals surface area contributed by atoms with Crippen molar-refractivity contribution in [2.24, 2.45) is 0 Å². The van der Waals surface area contributed by atoms with Crippen LogP contribution in [0.1, 0.15) is 0 Å². The molecule has 0 saturated carbocycles. The summed E-state index contributed by atoms with van der Waals surface area (Å²) in [5.74, 6) is 0. The van der Waals surface area contributed by atoms with Crippen molar-refractivity contribution < 1.29 is 0 Å². The van der Waals surface area contributed by atoms with Gasteiger partial charge in [0.15, 0.2) is 0 Å². The minimum Gasteiger partial charge on any atom is -0.310 e. The van der Waals surface area contributed by atoms with Crippen LogP contribution in [-0.4, -0.2) is 4.98 Å². The molecule has 264 valence electrons. The summed E-state index contributed by atoms with van der Waals surface area (Å²) in [7, 11) is 0. The van der Waals surface area contributed by atoms with Gasteiger partial charge in [-0.3, -0.25) is 4.98 Å². The van der Waals surface area contributed by atoms with Crippen LogP contribution in [0.3, 0.4) is 0 Å². The fourth-order valence-electron chi connectivity index (χ4n) is 9.53. The molecule has 2 nitrogen and oxygen atoms in total. The number of pyridine rings is 1. The highest BCUT2D eigenvalue weighted by Gasteiger charge is 2.24. The van der Waals surface area contributed by atoms with Crippen LogP contribution in [0.5, 0.6) is 0 Å². The zero-order valence-corrected chi connectivity index (χ0v) is 31.0. The van der Waals surface area contributed by atoms with Crippen LogP contribution >= 0.6 is 0 Å². The number of hydrogen-bond donors (Lipinski definition) is 0. The Morgan fingerprint density at radius 2 is 0.719 bits per heavy atom. The van der Waals surface area contributed by atoms with Crippen molar-refractivity contribution in [3.63, 3.8) is 0 Å². The molecular formula is C55H34N2. The molecule has 2 heteroatoms. The fourth-order valence-corrected chi connectivity index (χ4v) is 9.53. The molecular weight excluding hydrogens is 689 g/mol. The molecule has 10 aromatic rings. The first-order valence-electron chi connectivity index (χ1n) is 19.6. The lowest BCUT2D eigenvalue weighted by atomic mass is 9.93. The van der Waals surface area contributed by atoms with Crippen molar-refractivity contribution in [2.75, 3.05) is 4.90 Å². The maximum atomic E-state index is 4.38. The van der Waals surface area contributed by atoms with Crippen LogP contribution in [0.4, 0.5) is 17.1 Å². The van der Waals surface area contributed by atoms with Crippen LogP contribution in [0.15, 0.2) is 207 Å². The Bertz CT molecular complexity index is 3000. The average Bonchev–Trinajstić information content (AvgIpc) is 3.79. The van der Waals surface area contributed by atoms with Gasteiger partial charge in [-0.1, -0.05) is 152 Å². The highest BCUT2D eigenvalue weighted by atomic mass is 15.1. The summed E-state index contributed by atoms with van der Waals surface area (Å²) < 4.78 is 0. The molecule has 0 aliphatic heterocycles. The first-order valence-corrected chi connectivity index (χ1v) is 19.6.